The molecule has 1 saturated heterocycles. The Balaban J connectivity index is 2.08. The summed E-state index contributed by atoms with van der Waals surface area (Å²) in [5, 5.41) is 0. The van der Waals surface area contributed by atoms with Crippen LogP contribution in [0.5, 0.6) is 0 Å². The maximum absolute atomic E-state index is 11.4. The second-order valence-corrected chi connectivity index (χ2v) is 9.86. The number of piperidine rings is 1. The van der Waals surface area contributed by atoms with Crippen LogP contribution in [0, 0.1) is 5.41 Å². The van der Waals surface area contributed by atoms with Gasteiger partial charge in [0.2, 0.25) is 5.52 Å². The van der Waals surface area contributed by atoms with E-state index in [9.17, 15) is 28.7 Å². The third-order valence-electron chi connectivity index (χ3n) is 4.70. The molecule has 1 aliphatic carbocycles. The van der Waals surface area contributed by atoms with Gasteiger partial charge >= 0.3 is 15.2 Å². The van der Waals surface area contributed by atoms with E-state index in [1.165, 1.54) is 24.2 Å². The first kappa shape index (κ1) is 16.6. The Morgan fingerprint density at radius 3 is 1.65 bits per heavy atom. The zero-order valence-corrected chi connectivity index (χ0v) is 13.2. The molecule has 2 fully saturated rings. The van der Waals surface area contributed by atoms with E-state index in [1.807, 2.05) is 0 Å². The molecular weight excluding hydrogens is 304 g/mol. The second kappa shape index (κ2) is 5.81. The van der Waals surface area contributed by atoms with Crippen LogP contribution in [0.2, 0.25) is 0 Å². The van der Waals surface area contributed by atoms with Crippen molar-refractivity contribution in [3.8, 4) is 0 Å². The van der Waals surface area contributed by atoms with Gasteiger partial charge in [0.1, 0.15) is 0 Å². The lowest BCUT2D eigenvalue weighted by molar-refractivity contribution is 0.0638. The summed E-state index contributed by atoms with van der Waals surface area (Å²) in [6.07, 6.45) is 7.38. The highest BCUT2D eigenvalue weighted by Crippen LogP contribution is 2.62. The van der Waals surface area contributed by atoms with Crippen LogP contribution >= 0.6 is 15.2 Å². The van der Waals surface area contributed by atoms with Crippen molar-refractivity contribution in [1.82, 2.24) is 4.90 Å². The number of nitrogens with zero attached hydrogens (tertiary/aromatic N) is 1. The quantitative estimate of drug-likeness (QED) is 0.582. The van der Waals surface area contributed by atoms with Crippen molar-refractivity contribution in [2.45, 2.75) is 50.5 Å². The van der Waals surface area contributed by atoms with Crippen LogP contribution in [0.3, 0.4) is 0 Å². The zero-order chi connectivity index (χ0) is 15.0. The number of hydrogen-bond acceptors (Lipinski definition) is 3. The maximum atomic E-state index is 11.4. The van der Waals surface area contributed by atoms with E-state index in [0.717, 1.165) is 25.7 Å². The zero-order valence-electron chi connectivity index (χ0n) is 11.4. The molecule has 0 aromatic heterocycles. The Morgan fingerprint density at radius 2 is 1.25 bits per heavy atom. The summed E-state index contributed by atoms with van der Waals surface area (Å²) < 4.78 is 22.8. The predicted molar refractivity (Wildman–Crippen MR) is 74.2 cm³/mol. The van der Waals surface area contributed by atoms with Crippen molar-refractivity contribution in [2.24, 2.45) is 5.41 Å². The summed E-state index contributed by atoms with van der Waals surface area (Å²) in [7, 11) is -9.71. The molecule has 0 atom stereocenters. The van der Waals surface area contributed by atoms with Gasteiger partial charge in [0, 0.05) is 13.1 Å². The van der Waals surface area contributed by atoms with Crippen molar-refractivity contribution in [2.75, 3.05) is 13.1 Å². The second-order valence-electron chi connectivity index (χ2n) is 6.12. The first-order valence-electron chi connectivity index (χ1n) is 6.99. The molecular formula is C11H23NO6P2. The Kier molecular flexibility index (Phi) is 4.83. The molecule has 118 valence electrons. The fourth-order valence-electron chi connectivity index (χ4n) is 3.65. The van der Waals surface area contributed by atoms with Crippen molar-refractivity contribution < 1.29 is 28.7 Å². The Labute approximate surface area is 118 Å². The number of likely N-dealkylation sites (tertiary alicyclic amines) is 1. The lowest BCUT2D eigenvalue weighted by Crippen LogP contribution is -2.45. The number of rotatable bonds is 3. The Morgan fingerprint density at radius 1 is 0.800 bits per heavy atom. The fraction of sp³-hybridized carbons (Fsp3) is 1.00. The monoisotopic (exact) mass is 327 g/mol. The molecule has 1 heterocycles. The fourth-order valence-corrected chi connectivity index (χ4v) is 6.53. The number of hydrogen-bond donors (Lipinski definition) is 4. The largest absolute Gasteiger partial charge is 0.354 e. The van der Waals surface area contributed by atoms with Crippen LogP contribution in [0.15, 0.2) is 0 Å². The average Bonchev–Trinajstić information content (AvgIpc) is 2.30. The standard InChI is InChI=1S/C11H23NO6P2/c13-19(14,15)10(20(16,17)18)12-8-6-11(7-9-12)4-2-1-3-5-11/h10H,1-9H2,(H2,13,14,15)(H2,16,17,18). The van der Waals surface area contributed by atoms with E-state index in [1.54, 1.807) is 0 Å². The van der Waals surface area contributed by atoms with Crippen molar-refractivity contribution in [3.05, 3.63) is 0 Å². The van der Waals surface area contributed by atoms with Gasteiger partial charge in [0.15, 0.2) is 0 Å². The molecule has 1 aliphatic heterocycles. The Hall–Kier alpha value is 0.260. The normalized spacial score (nSPS) is 25.2. The molecule has 2 aliphatic rings. The van der Waals surface area contributed by atoms with Crippen LogP contribution in [0.25, 0.3) is 0 Å². The maximum Gasteiger partial charge on any atom is 0.354 e. The molecule has 0 bridgehead atoms. The molecule has 4 N–H and O–H groups in total. The van der Waals surface area contributed by atoms with Gasteiger partial charge in [-0.3, -0.25) is 14.0 Å². The molecule has 0 amide bonds. The highest BCUT2D eigenvalue weighted by molar-refractivity contribution is 7.70. The van der Waals surface area contributed by atoms with E-state index >= 15 is 0 Å². The van der Waals surface area contributed by atoms with E-state index in [-0.39, 0.29) is 5.41 Å². The van der Waals surface area contributed by atoms with Crippen LogP contribution < -0.4 is 0 Å². The molecule has 0 aromatic carbocycles. The minimum atomic E-state index is -4.85. The van der Waals surface area contributed by atoms with Gasteiger partial charge < -0.3 is 19.6 Å². The van der Waals surface area contributed by atoms with Gasteiger partial charge in [-0.05, 0) is 31.1 Å². The van der Waals surface area contributed by atoms with Crippen LogP contribution in [0.1, 0.15) is 44.9 Å². The van der Waals surface area contributed by atoms with Gasteiger partial charge in [0.25, 0.3) is 0 Å². The molecule has 0 radical (unpaired) electrons. The minimum Gasteiger partial charge on any atom is -0.323 e. The summed E-state index contributed by atoms with van der Waals surface area (Å²) in [6, 6.07) is 0. The molecule has 0 unspecified atom stereocenters. The summed E-state index contributed by atoms with van der Waals surface area (Å²) in [5.74, 6) is 0. The average molecular weight is 327 g/mol. The molecule has 20 heavy (non-hydrogen) atoms. The van der Waals surface area contributed by atoms with Gasteiger partial charge in [-0.15, -0.1) is 0 Å². The molecule has 7 nitrogen and oxygen atoms in total. The smallest absolute Gasteiger partial charge is 0.323 e. The third-order valence-corrected chi connectivity index (χ3v) is 8.36. The summed E-state index contributed by atoms with van der Waals surface area (Å²) >= 11 is 0. The highest BCUT2D eigenvalue weighted by atomic mass is 31.2. The van der Waals surface area contributed by atoms with Crippen LogP contribution in [-0.4, -0.2) is 43.1 Å². The van der Waals surface area contributed by atoms with E-state index < -0.39 is 20.7 Å². The predicted octanol–water partition coefficient (Wildman–Crippen LogP) is 1.67. The molecule has 0 aromatic rings. The first-order chi connectivity index (χ1) is 9.14. The molecule has 1 spiro atoms. The van der Waals surface area contributed by atoms with Crippen LogP contribution in [-0.2, 0) is 9.13 Å². The van der Waals surface area contributed by atoms with Gasteiger partial charge in [-0.2, -0.15) is 0 Å². The third kappa shape index (κ3) is 3.72. The van der Waals surface area contributed by atoms with Gasteiger partial charge in [0.05, 0.1) is 0 Å². The van der Waals surface area contributed by atoms with E-state index in [0.29, 0.717) is 13.1 Å². The lowest BCUT2D eigenvalue weighted by atomic mass is 9.68. The summed E-state index contributed by atoms with van der Waals surface area (Å²) in [4.78, 5) is 38.3. The summed E-state index contributed by atoms with van der Waals surface area (Å²) in [5.41, 5.74) is -1.75. The molecule has 2 rings (SSSR count). The van der Waals surface area contributed by atoms with Gasteiger partial charge in [-0.1, -0.05) is 19.3 Å². The summed E-state index contributed by atoms with van der Waals surface area (Å²) in [6.45, 7) is 0.696. The van der Waals surface area contributed by atoms with Crippen molar-refractivity contribution >= 4 is 15.2 Å². The first-order valence-corrected chi connectivity index (χ1v) is 10.3. The van der Waals surface area contributed by atoms with Gasteiger partial charge in [-0.25, -0.2) is 0 Å². The highest BCUT2D eigenvalue weighted by Gasteiger charge is 2.49. The SMILES string of the molecule is O=P(O)(O)C(N1CCC2(CCCCC2)CC1)P(=O)(O)O. The van der Waals surface area contributed by atoms with E-state index in [4.69, 9.17) is 0 Å². The van der Waals surface area contributed by atoms with Crippen molar-refractivity contribution in [1.29, 1.82) is 0 Å². The topological polar surface area (TPSA) is 118 Å². The molecule has 9 heteroatoms. The minimum absolute atomic E-state index is 0.225. The van der Waals surface area contributed by atoms with E-state index in [2.05, 4.69) is 0 Å². The Bertz CT molecular complexity index is 406. The molecule has 1 saturated carbocycles. The van der Waals surface area contributed by atoms with Crippen molar-refractivity contribution in [3.63, 3.8) is 0 Å². The van der Waals surface area contributed by atoms with Crippen LogP contribution in [0.4, 0.5) is 0 Å². The lowest BCUT2D eigenvalue weighted by Gasteiger charge is -2.46.